The number of nitrogens with one attached hydrogen (secondary N) is 2. The molecule has 1 amide bonds. The smallest absolute Gasteiger partial charge is 0.224 e. The van der Waals surface area contributed by atoms with Crippen molar-refractivity contribution in [2.24, 2.45) is 5.92 Å². The third kappa shape index (κ3) is 4.85. The highest BCUT2D eigenvalue weighted by atomic mass is 16.1. The second kappa shape index (κ2) is 8.59. The van der Waals surface area contributed by atoms with Crippen LogP contribution in [0.2, 0.25) is 0 Å². The number of carbonyl (C=O) groups excluding carboxylic acids is 1. The number of nitrogens with zero attached hydrogens (tertiary/aromatic N) is 1. The van der Waals surface area contributed by atoms with Gasteiger partial charge in [-0.3, -0.25) is 4.79 Å². The third-order valence-electron chi connectivity index (χ3n) is 3.39. The van der Waals surface area contributed by atoms with Crippen LogP contribution in [0.1, 0.15) is 25.8 Å². The molecule has 20 heavy (non-hydrogen) atoms. The standard InChI is InChI=1S/C16H27N3O/c1-5-10-18-11-14-8-6-7-9-15(14)19(4)12-13(2)16(20)17-3/h6-9,13,18H,5,10-12H2,1-4H3,(H,17,20). The molecule has 0 heterocycles. The molecular formula is C16H27N3O. The van der Waals surface area contributed by atoms with Crippen LogP contribution in [0.15, 0.2) is 24.3 Å². The maximum Gasteiger partial charge on any atom is 0.224 e. The summed E-state index contributed by atoms with van der Waals surface area (Å²) in [5.41, 5.74) is 2.46. The molecule has 1 aromatic carbocycles. The van der Waals surface area contributed by atoms with Crippen molar-refractivity contribution < 1.29 is 4.79 Å². The highest BCUT2D eigenvalue weighted by molar-refractivity contribution is 5.78. The van der Waals surface area contributed by atoms with Gasteiger partial charge in [0.15, 0.2) is 0 Å². The zero-order chi connectivity index (χ0) is 15.0. The van der Waals surface area contributed by atoms with E-state index in [1.165, 1.54) is 11.3 Å². The van der Waals surface area contributed by atoms with Crippen molar-refractivity contribution >= 4 is 11.6 Å². The van der Waals surface area contributed by atoms with E-state index >= 15 is 0 Å². The van der Waals surface area contributed by atoms with Crippen LogP contribution in [0.5, 0.6) is 0 Å². The minimum atomic E-state index is -0.0262. The van der Waals surface area contributed by atoms with Gasteiger partial charge < -0.3 is 15.5 Å². The second-order valence-corrected chi connectivity index (χ2v) is 5.20. The molecule has 0 aliphatic heterocycles. The van der Waals surface area contributed by atoms with Crippen LogP contribution in [0.3, 0.4) is 0 Å². The Morgan fingerprint density at radius 3 is 2.70 bits per heavy atom. The molecule has 0 fully saturated rings. The monoisotopic (exact) mass is 277 g/mol. The molecule has 0 saturated heterocycles. The second-order valence-electron chi connectivity index (χ2n) is 5.20. The van der Waals surface area contributed by atoms with Crippen molar-refractivity contribution in [2.45, 2.75) is 26.8 Å². The van der Waals surface area contributed by atoms with Gasteiger partial charge in [0.05, 0.1) is 5.92 Å². The Kier molecular flexibility index (Phi) is 7.09. The number of hydrogen-bond acceptors (Lipinski definition) is 3. The Bertz CT molecular complexity index is 420. The number of anilines is 1. The van der Waals surface area contributed by atoms with Crippen molar-refractivity contribution in [1.29, 1.82) is 0 Å². The zero-order valence-corrected chi connectivity index (χ0v) is 13.1. The molecule has 0 aliphatic rings. The van der Waals surface area contributed by atoms with Crippen LogP contribution in [-0.4, -0.2) is 33.1 Å². The summed E-state index contributed by atoms with van der Waals surface area (Å²) >= 11 is 0. The van der Waals surface area contributed by atoms with E-state index in [4.69, 9.17) is 0 Å². The van der Waals surface area contributed by atoms with Gasteiger partial charge in [0.1, 0.15) is 0 Å². The predicted molar refractivity (Wildman–Crippen MR) is 84.9 cm³/mol. The summed E-state index contributed by atoms with van der Waals surface area (Å²) < 4.78 is 0. The lowest BCUT2D eigenvalue weighted by atomic mass is 10.1. The van der Waals surface area contributed by atoms with Crippen molar-refractivity contribution in [3.63, 3.8) is 0 Å². The fraction of sp³-hybridized carbons (Fsp3) is 0.562. The summed E-state index contributed by atoms with van der Waals surface area (Å²) in [6.07, 6.45) is 1.13. The molecular weight excluding hydrogens is 250 g/mol. The first-order chi connectivity index (χ1) is 9.60. The van der Waals surface area contributed by atoms with E-state index in [-0.39, 0.29) is 11.8 Å². The highest BCUT2D eigenvalue weighted by Gasteiger charge is 2.15. The lowest BCUT2D eigenvalue weighted by molar-refractivity contribution is -0.123. The lowest BCUT2D eigenvalue weighted by Gasteiger charge is -2.25. The highest BCUT2D eigenvalue weighted by Crippen LogP contribution is 2.20. The first-order valence-electron chi connectivity index (χ1n) is 7.31. The predicted octanol–water partition coefficient (Wildman–Crippen LogP) is 2.00. The van der Waals surface area contributed by atoms with E-state index in [0.717, 1.165) is 19.5 Å². The van der Waals surface area contributed by atoms with Crippen LogP contribution in [0.4, 0.5) is 5.69 Å². The number of hydrogen-bond donors (Lipinski definition) is 2. The largest absolute Gasteiger partial charge is 0.374 e. The molecule has 0 aromatic heterocycles. The molecule has 112 valence electrons. The number of carbonyl (C=O) groups is 1. The van der Waals surface area contributed by atoms with E-state index < -0.39 is 0 Å². The average molecular weight is 277 g/mol. The van der Waals surface area contributed by atoms with Crippen LogP contribution in [-0.2, 0) is 11.3 Å². The Balaban J connectivity index is 2.71. The molecule has 1 atom stereocenters. The van der Waals surface area contributed by atoms with Crippen molar-refractivity contribution in [2.75, 3.05) is 32.1 Å². The Hall–Kier alpha value is -1.55. The van der Waals surface area contributed by atoms with Gasteiger partial charge in [-0.05, 0) is 24.6 Å². The van der Waals surface area contributed by atoms with Gasteiger partial charge >= 0.3 is 0 Å². The van der Waals surface area contributed by atoms with Gasteiger partial charge in [0.2, 0.25) is 5.91 Å². The maximum absolute atomic E-state index is 11.6. The lowest BCUT2D eigenvalue weighted by Crippen LogP contribution is -2.34. The van der Waals surface area contributed by atoms with Gasteiger partial charge in [-0.2, -0.15) is 0 Å². The summed E-state index contributed by atoms with van der Waals surface area (Å²) in [5, 5.41) is 6.13. The van der Waals surface area contributed by atoms with Crippen molar-refractivity contribution in [3.8, 4) is 0 Å². The topological polar surface area (TPSA) is 44.4 Å². The van der Waals surface area contributed by atoms with Crippen molar-refractivity contribution in [1.82, 2.24) is 10.6 Å². The first-order valence-corrected chi connectivity index (χ1v) is 7.31. The molecule has 1 rings (SSSR count). The molecule has 2 N–H and O–H groups in total. The molecule has 0 radical (unpaired) electrons. The fourth-order valence-electron chi connectivity index (χ4n) is 2.27. The summed E-state index contributed by atoms with van der Waals surface area (Å²) in [6.45, 7) is 6.71. The van der Waals surface area contributed by atoms with Crippen LogP contribution in [0.25, 0.3) is 0 Å². The molecule has 0 aliphatic carbocycles. The molecule has 1 aromatic rings. The molecule has 1 unspecified atom stereocenters. The van der Waals surface area contributed by atoms with Crippen LogP contribution >= 0.6 is 0 Å². The minimum absolute atomic E-state index is 0.0262. The first kappa shape index (κ1) is 16.5. The van der Waals surface area contributed by atoms with E-state index in [0.29, 0.717) is 6.54 Å². The Morgan fingerprint density at radius 1 is 1.35 bits per heavy atom. The van der Waals surface area contributed by atoms with Gasteiger partial charge in [-0.15, -0.1) is 0 Å². The van der Waals surface area contributed by atoms with E-state index in [1.807, 2.05) is 20.0 Å². The van der Waals surface area contributed by atoms with Gasteiger partial charge in [-0.1, -0.05) is 32.0 Å². The zero-order valence-electron chi connectivity index (χ0n) is 13.1. The number of amides is 1. The maximum atomic E-state index is 11.6. The Morgan fingerprint density at radius 2 is 2.05 bits per heavy atom. The van der Waals surface area contributed by atoms with Crippen molar-refractivity contribution in [3.05, 3.63) is 29.8 Å². The molecule has 4 nitrogen and oxygen atoms in total. The summed E-state index contributed by atoms with van der Waals surface area (Å²) in [5.74, 6) is 0.0556. The normalized spacial score (nSPS) is 12.0. The van der Waals surface area contributed by atoms with Crippen LogP contribution < -0.4 is 15.5 Å². The minimum Gasteiger partial charge on any atom is -0.374 e. The third-order valence-corrected chi connectivity index (χ3v) is 3.39. The van der Waals surface area contributed by atoms with Crippen LogP contribution in [0, 0.1) is 5.92 Å². The van der Waals surface area contributed by atoms with E-state index in [9.17, 15) is 4.79 Å². The quantitative estimate of drug-likeness (QED) is 0.714. The summed E-state index contributed by atoms with van der Waals surface area (Å²) in [7, 11) is 3.72. The van der Waals surface area contributed by atoms with E-state index in [2.05, 4.69) is 40.7 Å². The number of para-hydroxylation sites is 1. The Labute approximate surface area is 122 Å². The average Bonchev–Trinajstić information content (AvgIpc) is 2.47. The fourth-order valence-corrected chi connectivity index (χ4v) is 2.27. The number of benzene rings is 1. The van der Waals surface area contributed by atoms with Gasteiger partial charge in [0, 0.05) is 32.9 Å². The molecule has 0 bridgehead atoms. The summed E-state index contributed by atoms with van der Waals surface area (Å²) in [6, 6.07) is 8.35. The summed E-state index contributed by atoms with van der Waals surface area (Å²) in [4.78, 5) is 13.8. The molecule has 4 heteroatoms. The van der Waals surface area contributed by atoms with Gasteiger partial charge in [0.25, 0.3) is 0 Å². The van der Waals surface area contributed by atoms with Gasteiger partial charge in [-0.25, -0.2) is 0 Å². The molecule has 0 saturated carbocycles. The number of rotatable bonds is 8. The molecule has 0 spiro atoms. The van der Waals surface area contributed by atoms with E-state index in [1.54, 1.807) is 7.05 Å². The SMILES string of the molecule is CCCNCc1ccccc1N(C)CC(C)C(=O)NC.